The molecule has 3 saturated carbocycles. The summed E-state index contributed by atoms with van der Waals surface area (Å²) in [6, 6.07) is 28.6. The minimum atomic E-state index is -1.73. The first-order valence-electron chi connectivity index (χ1n) is 34.4. The minimum Gasteiger partial charge on any atom is -0.506 e. The van der Waals surface area contributed by atoms with Gasteiger partial charge in [-0.05, 0) is 208 Å². The van der Waals surface area contributed by atoms with Crippen LogP contribution in [-0.2, 0) is 77.2 Å². The van der Waals surface area contributed by atoms with E-state index in [0.717, 1.165) is 46.4 Å². The highest BCUT2D eigenvalue weighted by atomic mass is 32.2. The molecule has 1 amide bonds. The molecule has 29 heteroatoms. The Kier molecular flexibility index (Phi) is 34.9. The smallest absolute Gasteiger partial charge is 0.261 e. The number of ether oxygens (including phenoxy) is 2. The maximum absolute atomic E-state index is 12.1. The van der Waals surface area contributed by atoms with Crippen molar-refractivity contribution >= 4 is 101 Å². The van der Waals surface area contributed by atoms with Gasteiger partial charge in [-0.3, -0.25) is 49.3 Å². The van der Waals surface area contributed by atoms with Crippen molar-refractivity contribution < 1.29 is 81.8 Å². The number of hydrogen-bond donors (Lipinski definition) is 10. The number of amides is 1. The highest BCUT2D eigenvalue weighted by Crippen LogP contribution is 2.45. The van der Waals surface area contributed by atoms with Crippen molar-refractivity contribution in [3.8, 4) is 40.2 Å². The van der Waals surface area contributed by atoms with Crippen molar-refractivity contribution in [2.45, 2.75) is 156 Å². The van der Waals surface area contributed by atoms with Gasteiger partial charge in [0.05, 0.1) is 69.5 Å². The Labute approximate surface area is 625 Å². The number of aryl methyl sites for hydroxylation is 6. The van der Waals surface area contributed by atoms with E-state index < -0.39 is 56.3 Å². The fourth-order valence-corrected chi connectivity index (χ4v) is 14.8. The third-order valence-corrected chi connectivity index (χ3v) is 22.0. The van der Waals surface area contributed by atoms with Crippen molar-refractivity contribution in [1.29, 1.82) is 0 Å². The first-order valence-corrected chi connectivity index (χ1v) is 39.8. The maximum atomic E-state index is 12.1. The number of phenols is 5. The molecule has 24 nitrogen and oxygen atoms in total. The van der Waals surface area contributed by atoms with E-state index in [1.807, 2.05) is 64.1 Å². The summed E-state index contributed by atoms with van der Waals surface area (Å²) in [5.41, 5.74) is 12.4. The van der Waals surface area contributed by atoms with Crippen molar-refractivity contribution in [3.05, 3.63) is 153 Å². The first-order chi connectivity index (χ1) is 49.6. The normalized spacial score (nSPS) is 16.6. The Morgan fingerprint density at radius 2 is 0.817 bits per heavy atom. The van der Waals surface area contributed by atoms with Crippen LogP contribution in [-0.4, -0.2) is 120 Å². The van der Waals surface area contributed by atoms with Crippen LogP contribution < -0.4 is 33.1 Å². The van der Waals surface area contributed by atoms with Crippen LogP contribution in [0.25, 0.3) is 10.8 Å². The van der Waals surface area contributed by atoms with Gasteiger partial charge in [-0.2, -0.15) is 0 Å². The van der Waals surface area contributed by atoms with Gasteiger partial charge in [0, 0.05) is 30.9 Å². The molecule has 3 fully saturated rings. The first kappa shape index (κ1) is 85.3. The molecule has 7 atom stereocenters. The minimum absolute atomic E-state index is 0.0231. The van der Waals surface area contributed by atoms with Gasteiger partial charge in [0.2, 0.25) is 0 Å². The predicted octanol–water partition coefficient (Wildman–Crippen LogP) is 15.7. The number of anilines is 5. The molecule has 3 aliphatic rings. The number of hydrogen-bond acceptors (Lipinski definition) is 18. The van der Waals surface area contributed by atoms with Gasteiger partial charge in [0.15, 0.2) is 0 Å². The lowest BCUT2D eigenvalue weighted by molar-refractivity contribution is 0.0824. The standard InChI is InChI=1S/C23H31NO5S.C15H23NO3S.C14H16N2O4S.C14H21NO3S.C9H13NO3S/c1-16-9-10-19(13-17(16)2)28-11-12-29-23-15-22(25)21(24-30(26)27-3)14-20(23)18-7-5-4-6-8-18;1-10-6-4-5-7-12(10)13-9-14(16-20(18)19-3)15(17)8-11(13)2;1-16(2)14(18)11-8-12(15-21(19)20-3)9-6-4-5-7-10(9)13(11)17;1-10-8-14(16)13(15-19(17)18-2)9-12(10)11-6-4-3-5-7-11;1-6-4-8(10-14(12)13-3)9(11)5-7(6)2/h9-10,13-15,18,24-25H,4-8,11-12H2,1-3H3;8-10,12,16-17H,4-7H2,1-3H3;4-8,15,17H,1-3H3;8-9,11,15-16H,3-7H2,1-2H3;4-5,10-11H,1-3H3. The van der Waals surface area contributed by atoms with Crippen LogP contribution in [0.3, 0.4) is 0 Å². The third-order valence-electron chi connectivity index (χ3n) is 18.6. The summed E-state index contributed by atoms with van der Waals surface area (Å²) in [5.74, 6) is 3.36. The molecule has 0 aliphatic heterocycles. The Hall–Kier alpha value is -7.58. The zero-order valence-corrected chi connectivity index (χ0v) is 66.0. The lowest BCUT2D eigenvalue weighted by atomic mass is 9.75. The molecule has 0 spiro atoms. The van der Waals surface area contributed by atoms with E-state index in [2.05, 4.69) is 56.9 Å². The molecule has 10 N–H and O–H groups in total. The van der Waals surface area contributed by atoms with Crippen molar-refractivity contribution in [1.82, 2.24) is 4.90 Å². The van der Waals surface area contributed by atoms with E-state index in [9.17, 15) is 51.4 Å². The van der Waals surface area contributed by atoms with Gasteiger partial charge in [-0.15, -0.1) is 0 Å². The average molecular weight is 1540 g/mol. The van der Waals surface area contributed by atoms with Crippen LogP contribution in [0.4, 0.5) is 28.4 Å². The van der Waals surface area contributed by atoms with Gasteiger partial charge in [-0.25, -0.2) is 21.0 Å². The SMILES string of the molecule is COS(=O)Nc1cc(C(=O)N(C)C)c(O)c2ccccc12.COS(=O)Nc1cc(C)c(C)cc1O.COS(=O)Nc1cc(C2CCCCC2)c(C)cc1O.COS(=O)Nc1cc(C2CCCCC2)c(OCCOc2ccc(C)c(C)c2)cc1O.COS(=O)Nc1cc(C2CCCCC2C)c(C)cc1O. The summed E-state index contributed by atoms with van der Waals surface area (Å²) >= 11 is -8.30. The summed E-state index contributed by atoms with van der Waals surface area (Å²) < 4.78 is 105. The maximum Gasteiger partial charge on any atom is 0.261 e. The van der Waals surface area contributed by atoms with E-state index in [1.54, 1.807) is 68.7 Å². The monoisotopic (exact) mass is 1540 g/mol. The number of nitrogens with one attached hydrogen (secondary N) is 5. The van der Waals surface area contributed by atoms with Crippen LogP contribution in [0.2, 0.25) is 0 Å². The zero-order chi connectivity index (χ0) is 76.3. The molecule has 0 heterocycles. The van der Waals surface area contributed by atoms with Crippen molar-refractivity contribution in [2.24, 2.45) is 5.92 Å². The number of rotatable bonds is 24. The lowest BCUT2D eigenvalue weighted by Gasteiger charge is -2.30. The van der Waals surface area contributed by atoms with Crippen LogP contribution in [0.15, 0.2) is 97.1 Å². The van der Waals surface area contributed by atoms with Gasteiger partial charge in [0.25, 0.3) is 62.2 Å². The van der Waals surface area contributed by atoms with E-state index in [-0.39, 0.29) is 40.2 Å². The number of carbonyl (C=O) groups is 1. The molecular formula is C75H104N6O18S5. The van der Waals surface area contributed by atoms with Gasteiger partial charge < -0.3 is 39.9 Å². The van der Waals surface area contributed by atoms with Gasteiger partial charge >= 0.3 is 0 Å². The number of carbonyl (C=O) groups excluding carboxylic acids is 1. The highest BCUT2D eigenvalue weighted by molar-refractivity contribution is 7.82. The summed E-state index contributed by atoms with van der Waals surface area (Å²) in [7, 11) is 9.87. The second-order valence-electron chi connectivity index (χ2n) is 25.9. The van der Waals surface area contributed by atoms with E-state index in [4.69, 9.17) is 17.8 Å². The summed E-state index contributed by atoms with van der Waals surface area (Å²) in [6.45, 7) is 15.0. The molecule has 0 radical (unpaired) electrons. The van der Waals surface area contributed by atoms with Crippen molar-refractivity contribution in [3.63, 3.8) is 0 Å². The third kappa shape index (κ3) is 25.3. The van der Waals surface area contributed by atoms with E-state index >= 15 is 0 Å². The topological polar surface area (TPSA) is 332 Å². The fraction of sp³-hybridized carbons (Fsp3) is 0.453. The second kappa shape index (κ2) is 42.5. The molecule has 0 aromatic heterocycles. The summed E-state index contributed by atoms with van der Waals surface area (Å²) in [4.78, 5) is 13.5. The van der Waals surface area contributed by atoms with E-state index in [1.165, 1.54) is 146 Å². The van der Waals surface area contributed by atoms with Crippen LogP contribution in [0, 0.1) is 47.5 Å². The number of benzene rings is 7. The number of fused-ring (bicyclic) bond motifs is 1. The predicted molar refractivity (Wildman–Crippen MR) is 418 cm³/mol. The van der Waals surface area contributed by atoms with Crippen molar-refractivity contribution in [2.75, 3.05) is 86.5 Å². The zero-order valence-electron chi connectivity index (χ0n) is 61.9. The molecule has 0 bridgehead atoms. The Bertz CT molecular complexity index is 4120. The summed E-state index contributed by atoms with van der Waals surface area (Å²) in [5, 5.41) is 51.2. The Morgan fingerprint density at radius 3 is 1.31 bits per heavy atom. The Morgan fingerprint density at radius 1 is 0.423 bits per heavy atom. The number of nitrogens with zero attached hydrogens (tertiary/aromatic N) is 1. The highest BCUT2D eigenvalue weighted by Gasteiger charge is 2.27. The molecule has 572 valence electrons. The second-order valence-corrected chi connectivity index (χ2v) is 30.9. The quantitative estimate of drug-likeness (QED) is 0.0153. The van der Waals surface area contributed by atoms with Crippen LogP contribution >= 0.6 is 0 Å². The molecule has 7 aromatic rings. The number of aromatic hydroxyl groups is 5. The lowest BCUT2D eigenvalue weighted by Crippen LogP contribution is -2.22. The average Bonchev–Trinajstić information content (AvgIpc) is 0.781. The molecule has 104 heavy (non-hydrogen) atoms. The van der Waals surface area contributed by atoms with Gasteiger partial charge in [-0.1, -0.05) is 95.0 Å². The number of phenolic OH excluding ortho intramolecular Hbond substituents is 5. The molecular weight excluding hydrogens is 1430 g/mol. The molecule has 7 unspecified atom stereocenters. The molecule has 10 rings (SSSR count). The van der Waals surface area contributed by atoms with Crippen LogP contribution in [0.5, 0.6) is 40.2 Å². The molecule has 0 saturated heterocycles. The molecule has 7 aromatic carbocycles. The van der Waals surface area contributed by atoms with Gasteiger partial charge in [0.1, 0.15) is 53.5 Å². The van der Waals surface area contributed by atoms with Crippen LogP contribution in [0.1, 0.15) is 175 Å². The van der Waals surface area contributed by atoms with E-state index in [0.29, 0.717) is 81.8 Å². The molecule has 3 aliphatic carbocycles. The summed E-state index contributed by atoms with van der Waals surface area (Å²) in [6.07, 6.45) is 16.9. The fourth-order valence-electron chi connectivity index (χ4n) is 12.6. The Balaban J connectivity index is 0.000000208. The largest absolute Gasteiger partial charge is 0.506 e.